The molecule has 0 saturated heterocycles. The molecule has 0 aliphatic carbocycles. The predicted octanol–water partition coefficient (Wildman–Crippen LogP) is -5.93. The Kier molecular flexibility index (Phi) is 184. The Morgan fingerprint density at radius 3 is 0.474 bits per heavy atom. The van der Waals surface area contributed by atoms with E-state index in [1.807, 2.05) is 0 Å². The summed E-state index contributed by atoms with van der Waals surface area (Å²) in [5.74, 6) is 0. The summed E-state index contributed by atoms with van der Waals surface area (Å²) in [5.41, 5.74) is 0. The molecule has 0 saturated carbocycles. The molecule has 0 radical (unpaired) electrons. The molecule has 0 aliphatic heterocycles. The first-order chi connectivity index (χ1) is 4.00. The first-order valence-corrected chi connectivity index (χ1v) is 4.19. The molecule has 0 unspecified atom stereocenters. The molecule has 0 amide bonds. The van der Waals surface area contributed by atoms with E-state index in [0.29, 0.717) is 0 Å². The standard InChI is InChI=1S/2H3N.Ni.2H2O4S.6H2O/c;;;2*1-5(2,3)4;;;;;;/h2*1H3;;2*(H2,1,2,3,4);6*1H2. The van der Waals surface area contributed by atoms with Crippen molar-refractivity contribution in [2.45, 2.75) is 0 Å². The van der Waals surface area contributed by atoms with Crippen molar-refractivity contribution in [1.82, 2.24) is 12.3 Å². The van der Waals surface area contributed by atoms with Crippen LogP contribution in [-0.2, 0) is 37.3 Å². The minimum absolute atomic E-state index is 0. The molecule has 138 valence electrons. The van der Waals surface area contributed by atoms with Crippen LogP contribution in [0.2, 0.25) is 0 Å². The molecule has 0 bridgehead atoms. The van der Waals surface area contributed by atoms with Gasteiger partial charge in [0.05, 0.1) is 0 Å². The molecule has 0 heterocycles. The van der Waals surface area contributed by atoms with Crippen molar-refractivity contribution in [2.75, 3.05) is 0 Å². The van der Waals surface area contributed by atoms with Crippen LogP contribution in [0.25, 0.3) is 0 Å². The molecule has 16 nitrogen and oxygen atoms in total. The van der Waals surface area contributed by atoms with Gasteiger partial charge in [-0.15, -0.1) is 0 Å². The van der Waals surface area contributed by atoms with E-state index in [4.69, 9.17) is 35.0 Å². The summed E-state index contributed by atoms with van der Waals surface area (Å²) >= 11 is 0. The Balaban J connectivity index is -0.00000000508. The fourth-order valence-electron chi connectivity index (χ4n) is 0. The first kappa shape index (κ1) is 96.9. The van der Waals surface area contributed by atoms with E-state index in [1.165, 1.54) is 0 Å². The van der Waals surface area contributed by atoms with Gasteiger partial charge in [0.15, 0.2) is 0 Å². The molecular weight excluding hydrogens is 375 g/mol. The van der Waals surface area contributed by atoms with Crippen LogP contribution in [0.15, 0.2) is 0 Å². The Morgan fingerprint density at radius 2 is 0.474 bits per heavy atom. The van der Waals surface area contributed by atoms with Gasteiger partial charge in [0.25, 0.3) is 0 Å². The Labute approximate surface area is 118 Å². The van der Waals surface area contributed by atoms with E-state index in [-0.39, 0.29) is 61.6 Å². The molecule has 0 aromatic heterocycles. The molecule has 0 fully saturated rings. The minimum atomic E-state index is -4.67. The summed E-state index contributed by atoms with van der Waals surface area (Å²) < 4.78 is 63.2. The Morgan fingerprint density at radius 1 is 0.474 bits per heavy atom. The summed E-state index contributed by atoms with van der Waals surface area (Å²) in [6.45, 7) is 0. The van der Waals surface area contributed by atoms with Crippen LogP contribution >= 0.6 is 0 Å². The van der Waals surface area contributed by atoms with Gasteiger partial charge in [0.1, 0.15) is 0 Å². The number of hydrogen-bond donors (Lipinski definition) is 6. The van der Waals surface area contributed by atoms with Crippen LogP contribution in [0.3, 0.4) is 0 Å². The second-order valence-electron chi connectivity index (χ2n) is 0.896. The summed E-state index contributed by atoms with van der Waals surface area (Å²) in [7, 11) is -9.33. The summed E-state index contributed by atoms with van der Waals surface area (Å²) in [5, 5.41) is 0. The maximum Gasteiger partial charge on any atom is 0.394 e. The van der Waals surface area contributed by atoms with Crippen molar-refractivity contribution < 1.29 is 84.4 Å². The zero-order valence-electron chi connectivity index (χ0n) is 8.97. The zero-order valence-corrected chi connectivity index (χ0v) is 11.6. The average molecular weight is 397 g/mol. The third kappa shape index (κ3) is 606000. The molecule has 0 atom stereocenters. The van der Waals surface area contributed by atoms with Crippen LogP contribution < -0.4 is 12.3 Å². The third-order valence-corrected chi connectivity index (χ3v) is 0. The topological polar surface area (TPSA) is 408 Å². The first-order valence-electron chi connectivity index (χ1n) is 1.40. The van der Waals surface area contributed by atoms with Gasteiger partial charge in [-0.25, -0.2) is 0 Å². The third-order valence-electron chi connectivity index (χ3n) is 0. The van der Waals surface area contributed by atoms with E-state index < -0.39 is 20.8 Å². The summed E-state index contributed by atoms with van der Waals surface area (Å²) in [6, 6.07) is 0. The minimum Gasteiger partial charge on any atom is -0.412 e. The van der Waals surface area contributed by atoms with E-state index >= 15 is 0 Å². The summed E-state index contributed by atoms with van der Waals surface area (Å²) in [4.78, 5) is 0. The quantitative estimate of drug-likeness (QED) is 0.166. The largest absolute Gasteiger partial charge is 0.412 e. The second kappa shape index (κ2) is 36.1. The normalized spacial score (nSPS) is 6.11. The maximum atomic E-state index is 8.74. The van der Waals surface area contributed by atoms with Gasteiger partial charge in [0.2, 0.25) is 0 Å². The molecular formula is H22N2NiO14S2. The molecule has 0 aliphatic rings. The van der Waals surface area contributed by atoms with Gasteiger partial charge in [-0.3, -0.25) is 18.2 Å². The smallest absolute Gasteiger partial charge is 0.394 e. The average Bonchev–Trinajstić information content (AvgIpc) is 1.12. The predicted molar refractivity (Wildman–Crippen MR) is 60.1 cm³/mol. The van der Waals surface area contributed by atoms with Crippen molar-refractivity contribution in [3.05, 3.63) is 0 Å². The van der Waals surface area contributed by atoms with Crippen LogP contribution in [0.1, 0.15) is 0 Å². The van der Waals surface area contributed by atoms with Crippen molar-refractivity contribution in [3.63, 3.8) is 0 Å². The van der Waals surface area contributed by atoms with Gasteiger partial charge < -0.3 is 45.2 Å². The van der Waals surface area contributed by atoms with Crippen molar-refractivity contribution >= 4 is 20.8 Å². The summed E-state index contributed by atoms with van der Waals surface area (Å²) in [6.07, 6.45) is 0. The Hall–Kier alpha value is -0.0865. The van der Waals surface area contributed by atoms with E-state index in [1.54, 1.807) is 0 Å². The zero-order chi connectivity index (χ0) is 9.00. The fraction of sp³-hybridized carbons (Fsp3) is 0. The molecule has 0 aromatic carbocycles. The van der Waals surface area contributed by atoms with Crippen LogP contribution in [0.5, 0.6) is 0 Å². The molecule has 19 heteroatoms. The van der Waals surface area contributed by atoms with Gasteiger partial charge in [-0.1, -0.05) is 0 Å². The van der Waals surface area contributed by atoms with Crippen molar-refractivity contribution in [3.8, 4) is 0 Å². The van der Waals surface area contributed by atoms with E-state index in [2.05, 4.69) is 0 Å². The van der Waals surface area contributed by atoms with Crippen LogP contribution in [-0.4, -0.2) is 67.9 Å². The molecule has 22 N–H and O–H groups in total. The molecule has 19 heavy (non-hydrogen) atoms. The van der Waals surface area contributed by atoms with Crippen molar-refractivity contribution in [2.24, 2.45) is 0 Å². The van der Waals surface area contributed by atoms with Crippen LogP contribution in [0, 0.1) is 0 Å². The monoisotopic (exact) mass is 396 g/mol. The van der Waals surface area contributed by atoms with Gasteiger partial charge in [-0.2, -0.15) is 16.8 Å². The van der Waals surface area contributed by atoms with Gasteiger partial charge >= 0.3 is 20.8 Å². The Bertz CT molecular complexity index is 220. The van der Waals surface area contributed by atoms with E-state index in [0.717, 1.165) is 0 Å². The SMILES string of the molecule is N.N.O.O.O.O.O.O.O=S(=O)(O)O.O=S(=O)(O)O.[Ni]. The molecule has 0 aromatic rings. The molecule has 0 spiro atoms. The maximum absolute atomic E-state index is 8.74. The molecule has 0 rings (SSSR count). The number of rotatable bonds is 0. The van der Waals surface area contributed by atoms with Gasteiger partial charge in [-0.05, 0) is 0 Å². The second-order valence-corrected chi connectivity index (χ2v) is 2.69. The van der Waals surface area contributed by atoms with Gasteiger partial charge in [0, 0.05) is 16.5 Å². The number of hydrogen-bond acceptors (Lipinski definition) is 6. The van der Waals surface area contributed by atoms with Crippen LogP contribution in [0.4, 0.5) is 0 Å². The van der Waals surface area contributed by atoms with E-state index in [9.17, 15) is 0 Å². The van der Waals surface area contributed by atoms with Crippen molar-refractivity contribution in [1.29, 1.82) is 0 Å². The fourth-order valence-corrected chi connectivity index (χ4v) is 0.